The molecule has 0 unspecified atom stereocenters. The van der Waals surface area contributed by atoms with Gasteiger partial charge >= 0.3 is 0 Å². The van der Waals surface area contributed by atoms with Crippen LogP contribution < -0.4 is 4.90 Å². The molecule has 1 aromatic heterocycles. The van der Waals surface area contributed by atoms with Gasteiger partial charge in [-0.3, -0.25) is 14.5 Å². The smallest absolute Gasteiger partial charge is 0.232 e. The minimum atomic E-state index is -0.300. The molecule has 0 bridgehead atoms. The van der Waals surface area contributed by atoms with Crippen LogP contribution in [0.2, 0.25) is 0 Å². The largest absolute Gasteiger partial charge is 0.343 e. The summed E-state index contributed by atoms with van der Waals surface area (Å²) in [5.74, 6) is -0.266. The zero-order valence-electron chi connectivity index (χ0n) is 17.6. The van der Waals surface area contributed by atoms with Crippen molar-refractivity contribution in [3.63, 3.8) is 0 Å². The Morgan fingerprint density at radius 1 is 1.13 bits per heavy atom. The second kappa shape index (κ2) is 9.56. The molecule has 2 aromatic carbocycles. The first kappa shape index (κ1) is 21.4. The maximum atomic E-state index is 13.6. The van der Waals surface area contributed by atoms with Gasteiger partial charge in [-0.05, 0) is 49.1 Å². The predicted octanol–water partition coefficient (Wildman–Crippen LogP) is 5.01. The standard InChI is InChI=1S/C24H26FN3O2S/c1-2-5-22(29)27-14-12-18(13-15-27)23(30)28(16-17-8-10-19(25)11-9-17)24-26-20-6-3-4-7-21(20)31-24/h3-4,6-11,18H,2,5,12-16H2,1H3. The SMILES string of the molecule is CCCC(=O)N1CCC(C(=O)N(Cc2ccc(F)cc2)c2nc3ccccc3s2)CC1. The Bertz CT molecular complexity index is 1030. The summed E-state index contributed by atoms with van der Waals surface area (Å²) in [6.07, 6.45) is 2.69. The van der Waals surface area contributed by atoms with Crippen LogP contribution in [0.25, 0.3) is 10.2 Å². The Hall–Kier alpha value is -2.80. The fourth-order valence-electron chi connectivity index (χ4n) is 3.96. The van der Waals surface area contributed by atoms with Gasteiger partial charge in [0.05, 0.1) is 16.8 Å². The van der Waals surface area contributed by atoms with E-state index >= 15 is 0 Å². The summed E-state index contributed by atoms with van der Waals surface area (Å²) in [4.78, 5) is 34.0. The Morgan fingerprint density at radius 2 is 1.84 bits per heavy atom. The number of amides is 2. The summed E-state index contributed by atoms with van der Waals surface area (Å²) in [5.41, 5.74) is 1.71. The van der Waals surface area contributed by atoms with Crippen LogP contribution >= 0.6 is 11.3 Å². The highest BCUT2D eigenvalue weighted by Gasteiger charge is 2.32. The van der Waals surface area contributed by atoms with E-state index in [0.717, 1.165) is 22.2 Å². The van der Waals surface area contributed by atoms with Gasteiger partial charge in [-0.25, -0.2) is 9.37 Å². The Balaban J connectivity index is 1.55. The summed E-state index contributed by atoms with van der Waals surface area (Å²) >= 11 is 1.49. The van der Waals surface area contributed by atoms with Crippen LogP contribution in [-0.4, -0.2) is 34.8 Å². The lowest BCUT2D eigenvalue weighted by atomic mass is 9.95. The molecule has 1 fully saturated rings. The molecule has 1 aliphatic heterocycles. The van der Waals surface area contributed by atoms with Crippen LogP contribution in [0.5, 0.6) is 0 Å². The summed E-state index contributed by atoms with van der Waals surface area (Å²) in [5, 5.41) is 0.653. The van der Waals surface area contributed by atoms with E-state index in [1.807, 2.05) is 36.1 Å². The number of benzene rings is 2. The van der Waals surface area contributed by atoms with Crippen LogP contribution in [-0.2, 0) is 16.1 Å². The van der Waals surface area contributed by atoms with Crippen molar-refractivity contribution in [2.75, 3.05) is 18.0 Å². The average Bonchev–Trinajstić information content (AvgIpc) is 3.22. The zero-order valence-corrected chi connectivity index (χ0v) is 18.4. The molecule has 2 heterocycles. The van der Waals surface area contributed by atoms with E-state index < -0.39 is 0 Å². The normalized spacial score (nSPS) is 14.7. The van der Waals surface area contributed by atoms with Crippen LogP contribution in [0, 0.1) is 11.7 Å². The molecule has 1 aliphatic rings. The van der Waals surface area contributed by atoms with Crippen molar-refractivity contribution in [1.82, 2.24) is 9.88 Å². The van der Waals surface area contributed by atoms with Gasteiger partial charge < -0.3 is 4.90 Å². The van der Waals surface area contributed by atoms with E-state index in [1.165, 1.54) is 23.5 Å². The summed E-state index contributed by atoms with van der Waals surface area (Å²) in [6, 6.07) is 14.1. The van der Waals surface area contributed by atoms with Crippen LogP contribution in [0.4, 0.5) is 9.52 Å². The second-order valence-electron chi connectivity index (χ2n) is 7.92. The number of thiazole rings is 1. The number of hydrogen-bond acceptors (Lipinski definition) is 4. The second-order valence-corrected chi connectivity index (χ2v) is 8.93. The number of carbonyl (C=O) groups excluding carboxylic acids is 2. The molecule has 7 heteroatoms. The lowest BCUT2D eigenvalue weighted by Gasteiger charge is -2.33. The lowest BCUT2D eigenvalue weighted by molar-refractivity contribution is -0.135. The van der Waals surface area contributed by atoms with E-state index in [9.17, 15) is 14.0 Å². The first-order chi connectivity index (χ1) is 15.0. The minimum absolute atomic E-state index is 0.0194. The van der Waals surface area contributed by atoms with Crippen molar-refractivity contribution in [1.29, 1.82) is 0 Å². The summed E-state index contributed by atoms with van der Waals surface area (Å²) < 4.78 is 14.4. The van der Waals surface area contributed by atoms with Crippen molar-refractivity contribution in [3.05, 3.63) is 59.9 Å². The molecule has 1 saturated heterocycles. The average molecular weight is 440 g/mol. The quantitative estimate of drug-likeness (QED) is 0.543. The van der Waals surface area contributed by atoms with Crippen LogP contribution in [0.3, 0.4) is 0 Å². The fraction of sp³-hybridized carbons (Fsp3) is 0.375. The number of rotatable bonds is 6. The Morgan fingerprint density at radius 3 is 2.52 bits per heavy atom. The number of halogens is 1. The first-order valence-electron chi connectivity index (χ1n) is 10.7. The predicted molar refractivity (Wildman–Crippen MR) is 121 cm³/mol. The minimum Gasteiger partial charge on any atom is -0.343 e. The highest BCUT2D eigenvalue weighted by molar-refractivity contribution is 7.22. The van der Waals surface area contributed by atoms with Crippen LogP contribution in [0.15, 0.2) is 48.5 Å². The summed E-state index contributed by atoms with van der Waals surface area (Å²) in [6.45, 7) is 3.56. The van der Waals surface area contributed by atoms with E-state index in [2.05, 4.69) is 0 Å². The molecule has 31 heavy (non-hydrogen) atoms. The van der Waals surface area contributed by atoms with Gasteiger partial charge in [0.1, 0.15) is 5.82 Å². The Labute approximate surface area is 185 Å². The molecule has 5 nitrogen and oxygen atoms in total. The molecule has 0 atom stereocenters. The molecule has 2 amide bonds. The third kappa shape index (κ3) is 4.93. The lowest BCUT2D eigenvalue weighted by Crippen LogP contribution is -2.44. The van der Waals surface area contributed by atoms with Crippen molar-refractivity contribution < 1.29 is 14.0 Å². The highest BCUT2D eigenvalue weighted by Crippen LogP contribution is 2.32. The molecule has 162 valence electrons. The molecule has 0 N–H and O–H groups in total. The number of carbonyl (C=O) groups is 2. The van der Waals surface area contributed by atoms with E-state index in [0.29, 0.717) is 44.0 Å². The molecule has 0 spiro atoms. The fourth-order valence-corrected chi connectivity index (χ4v) is 4.93. The molecule has 4 rings (SSSR count). The number of aromatic nitrogens is 1. The van der Waals surface area contributed by atoms with E-state index in [1.54, 1.807) is 17.0 Å². The number of piperidine rings is 1. The Kier molecular flexibility index (Phi) is 6.61. The molecule has 3 aromatic rings. The van der Waals surface area contributed by atoms with Crippen molar-refractivity contribution in [2.45, 2.75) is 39.2 Å². The maximum absolute atomic E-state index is 13.6. The van der Waals surface area contributed by atoms with Crippen molar-refractivity contribution in [3.8, 4) is 0 Å². The monoisotopic (exact) mass is 439 g/mol. The number of hydrogen-bond donors (Lipinski definition) is 0. The highest BCUT2D eigenvalue weighted by atomic mass is 32.1. The molecule has 0 aliphatic carbocycles. The van der Waals surface area contributed by atoms with Gasteiger partial charge in [0.2, 0.25) is 11.8 Å². The molecular weight excluding hydrogens is 413 g/mol. The number of anilines is 1. The van der Waals surface area contributed by atoms with Gasteiger partial charge in [-0.2, -0.15) is 0 Å². The molecular formula is C24H26FN3O2S. The van der Waals surface area contributed by atoms with Crippen molar-refractivity contribution in [2.24, 2.45) is 5.92 Å². The third-order valence-corrected chi connectivity index (χ3v) is 6.75. The number of nitrogens with zero attached hydrogens (tertiary/aromatic N) is 3. The maximum Gasteiger partial charge on any atom is 0.232 e. The van der Waals surface area contributed by atoms with Gasteiger partial charge in [0.25, 0.3) is 0 Å². The zero-order chi connectivity index (χ0) is 21.8. The van der Waals surface area contributed by atoms with Gasteiger partial charge in [-0.15, -0.1) is 0 Å². The number of fused-ring (bicyclic) bond motifs is 1. The third-order valence-electron chi connectivity index (χ3n) is 5.69. The van der Waals surface area contributed by atoms with Crippen molar-refractivity contribution >= 4 is 38.5 Å². The first-order valence-corrected chi connectivity index (χ1v) is 11.6. The van der Waals surface area contributed by atoms with E-state index in [-0.39, 0.29) is 23.5 Å². The van der Waals surface area contributed by atoms with Gasteiger partial charge in [0, 0.05) is 25.4 Å². The van der Waals surface area contributed by atoms with Gasteiger partial charge in [0.15, 0.2) is 5.13 Å². The summed E-state index contributed by atoms with van der Waals surface area (Å²) in [7, 11) is 0. The molecule has 0 saturated carbocycles. The number of likely N-dealkylation sites (tertiary alicyclic amines) is 1. The van der Waals surface area contributed by atoms with E-state index in [4.69, 9.17) is 4.98 Å². The van der Waals surface area contributed by atoms with Gasteiger partial charge in [-0.1, -0.05) is 42.5 Å². The number of para-hydroxylation sites is 1. The topological polar surface area (TPSA) is 53.5 Å². The van der Waals surface area contributed by atoms with Crippen LogP contribution in [0.1, 0.15) is 38.2 Å². The molecule has 0 radical (unpaired) electrons.